The van der Waals surface area contributed by atoms with E-state index in [9.17, 15) is 0 Å². The first-order chi connectivity index (χ1) is 6.85. The van der Waals surface area contributed by atoms with Gasteiger partial charge in [-0.15, -0.1) is 6.42 Å². The predicted octanol–water partition coefficient (Wildman–Crippen LogP) is 0.964. The minimum absolute atomic E-state index is 0.433. The summed E-state index contributed by atoms with van der Waals surface area (Å²) in [5.74, 6) is 3.82. The number of piperidine rings is 3. The highest BCUT2D eigenvalue weighted by atomic mass is 16.6. The first-order valence-electron chi connectivity index (χ1n) is 5.15. The number of hydrogen-bond acceptors (Lipinski definition) is 3. The summed E-state index contributed by atoms with van der Waals surface area (Å²) in [6, 6.07) is 0. The summed E-state index contributed by atoms with van der Waals surface area (Å²) in [4.78, 5) is 7.25. The molecule has 2 bridgehead atoms. The fraction of sp³-hybridized carbons (Fsp3) is 0.727. The van der Waals surface area contributed by atoms with Gasteiger partial charge in [-0.25, -0.2) is 0 Å². The largest absolute Gasteiger partial charge is 0.398 e. The van der Waals surface area contributed by atoms with E-state index in [4.69, 9.17) is 11.3 Å². The van der Waals surface area contributed by atoms with Crippen LogP contribution in [0.15, 0.2) is 5.16 Å². The third-order valence-electron chi connectivity index (χ3n) is 3.34. The molecule has 0 N–H and O–H groups in total. The summed E-state index contributed by atoms with van der Waals surface area (Å²) < 4.78 is 0. The molecule has 0 amide bonds. The van der Waals surface area contributed by atoms with Crippen LogP contribution in [0.25, 0.3) is 0 Å². The molecule has 3 aliphatic heterocycles. The maximum atomic E-state index is 5.44. The molecule has 0 spiro atoms. The van der Waals surface area contributed by atoms with E-state index in [1.807, 2.05) is 0 Å². The number of hydrogen-bond donors (Lipinski definition) is 0. The Labute approximate surface area is 85.1 Å². The molecule has 0 aliphatic carbocycles. The van der Waals surface area contributed by atoms with Crippen LogP contribution >= 0.6 is 0 Å². The molecular formula is C11H16N2O. The third-order valence-corrected chi connectivity index (χ3v) is 3.34. The van der Waals surface area contributed by atoms with E-state index in [1.54, 1.807) is 7.11 Å². The van der Waals surface area contributed by atoms with Gasteiger partial charge >= 0.3 is 0 Å². The molecule has 3 saturated heterocycles. The molecule has 3 nitrogen and oxygen atoms in total. The molecule has 0 aromatic carbocycles. The van der Waals surface area contributed by atoms with Gasteiger partial charge in [-0.3, -0.25) is 0 Å². The van der Waals surface area contributed by atoms with Crippen LogP contribution in [0.4, 0.5) is 0 Å². The highest BCUT2D eigenvalue weighted by molar-refractivity contribution is 6.01. The highest BCUT2D eigenvalue weighted by Crippen LogP contribution is 2.33. The minimum Gasteiger partial charge on any atom is -0.398 e. The lowest BCUT2D eigenvalue weighted by Gasteiger charge is -2.44. The summed E-state index contributed by atoms with van der Waals surface area (Å²) in [7, 11) is 1.55. The molecule has 3 heterocycles. The molecule has 14 heavy (non-hydrogen) atoms. The van der Waals surface area contributed by atoms with Crippen LogP contribution in [-0.2, 0) is 4.84 Å². The second-order valence-electron chi connectivity index (χ2n) is 4.05. The Hall–Kier alpha value is -1.01. The lowest BCUT2D eigenvalue weighted by molar-refractivity contribution is 0.0801. The van der Waals surface area contributed by atoms with E-state index in [0.29, 0.717) is 5.92 Å². The molecule has 0 aromatic heterocycles. The lowest BCUT2D eigenvalue weighted by Crippen LogP contribution is -2.49. The molecule has 3 fully saturated rings. The number of rotatable bonds is 2. The Morgan fingerprint density at radius 1 is 1.50 bits per heavy atom. The Morgan fingerprint density at radius 3 is 2.64 bits per heavy atom. The Morgan fingerprint density at radius 2 is 2.21 bits per heavy atom. The molecule has 1 unspecified atom stereocenters. The Kier molecular flexibility index (Phi) is 2.74. The van der Waals surface area contributed by atoms with E-state index in [1.165, 1.54) is 25.9 Å². The number of fused-ring (bicyclic) bond motifs is 3. The van der Waals surface area contributed by atoms with Crippen molar-refractivity contribution >= 4 is 5.71 Å². The van der Waals surface area contributed by atoms with E-state index in [-0.39, 0.29) is 0 Å². The van der Waals surface area contributed by atoms with Gasteiger partial charge in [0.2, 0.25) is 0 Å². The first-order valence-corrected chi connectivity index (χ1v) is 5.15. The van der Waals surface area contributed by atoms with Crippen LogP contribution in [0, 0.1) is 24.2 Å². The smallest absolute Gasteiger partial charge is 0.134 e. The summed E-state index contributed by atoms with van der Waals surface area (Å²) in [5, 5.41) is 3.94. The van der Waals surface area contributed by atoms with Gasteiger partial charge in [0.15, 0.2) is 0 Å². The topological polar surface area (TPSA) is 24.8 Å². The fourth-order valence-corrected chi connectivity index (χ4v) is 2.57. The molecule has 0 aromatic rings. The monoisotopic (exact) mass is 192 g/mol. The van der Waals surface area contributed by atoms with Gasteiger partial charge in [0.25, 0.3) is 0 Å². The second-order valence-corrected chi connectivity index (χ2v) is 4.05. The molecule has 76 valence electrons. The van der Waals surface area contributed by atoms with Crippen molar-refractivity contribution in [3.8, 4) is 12.3 Å². The van der Waals surface area contributed by atoms with Gasteiger partial charge in [-0.2, -0.15) is 0 Å². The second kappa shape index (κ2) is 4.02. The van der Waals surface area contributed by atoms with Crippen molar-refractivity contribution in [2.75, 3.05) is 26.7 Å². The third kappa shape index (κ3) is 1.62. The van der Waals surface area contributed by atoms with Crippen LogP contribution in [0.3, 0.4) is 0 Å². The Balaban J connectivity index is 2.11. The normalized spacial score (nSPS) is 36.6. The predicted molar refractivity (Wildman–Crippen MR) is 55.9 cm³/mol. The van der Waals surface area contributed by atoms with Crippen molar-refractivity contribution < 1.29 is 4.84 Å². The fourth-order valence-electron chi connectivity index (χ4n) is 2.57. The molecule has 3 rings (SSSR count). The van der Waals surface area contributed by atoms with E-state index in [2.05, 4.69) is 16.0 Å². The SMILES string of the molecule is C#CC(=NOC)C1CN2CCC1CC2. The molecule has 0 saturated carbocycles. The van der Waals surface area contributed by atoms with Gasteiger partial charge in [-0.05, 0) is 31.8 Å². The first kappa shape index (κ1) is 9.54. The van der Waals surface area contributed by atoms with Gasteiger partial charge in [-0.1, -0.05) is 11.1 Å². The highest BCUT2D eigenvalue weighted by Gasteiger charge is 2.36. The molecule has 3 heteroatoms. The maximum absolute atomic E-state index is 5.44. The quantitative estimate of drug-likeness (QED) is 0.370. The molecular weight excluding hydrogens is 176 g/mol. The summed E-state index contributed by atoms with van der Waals surface area (Å²) in [5.41, 5.74) is 0.793. The van der Waals surface area contributed by atoms with E-state index < -0.39 is 0 Å². The average molecular weight is 192 g/mol. The minimum atomic E-state index is 0.433. The molecule has 1 atom stereocenters. The van der Waals surface area contributed by atoms with Crippen molar-refractivity contribution in [3.63, 3.8) is 0 Å². The van der Waals surface area contributed by atoms with Crippen LogP contribution in [0.5, 0.6) is 0 Å². The summed E-state index contributed by atoms with van der Waals surface area (Å²) >= 11 is 0. The van der Waals surface area contributed by atoms with Crippen molar-refractivity contribution in [2.24, 2.45) is 17.0 Å². The number of oxime groups is 1. The van der Waals surface area contributed by atoms with Crippen molar-refractivity contribution in [1.82, 2.24) is 4.90 Å². The van der Waals surface area contributed by atoms with E-state index >= 15 is 0 Å². The summed E-state index contributed by atoms with van der Waals surface area (Å²) in [6.45, 7) is 3.52. The Bertz CT molecular complexity index is 272. The van der Waals surface area contributed by atoms with Gasteiger partial charge < -0.3 is 9.74 Å². The maximum Gasteiger partial charge on any atom is 0.134 e. The number of nitrogens with zero attached hydrogens (tertiary/aromatic N) is 2. The van der Waals surface area contributed by atoms with Crippen molar-refractivity contribution in [3.05, 3.63) is 0 Å². The van der Waals surface area contributed by atoms with Gasteiger partial charge in [0.1, 0.15) is 12.8 Å². The zero-order valence-corrected chi connectivity index (χ0v) is 8.57. The van der Waals surface area contributed by atoms with E-state index in [0.717, 1.165) is 18.2 Å². The zero-order chi connectivity index (χ0) is 9.97. The van der Waals surface area contributed by atoms with Gasteiger partial charge in [0.05, 0.1) is 0 Å². The lowest BCUT2D eigenvalue weighted by atomic mass is 9.77. The van der Waals surface area contributed by atoms with Crippen molar-refractivity contribution in [2.45, 2.75) is 12.8 Å². The number of terminal acetylenes is 1. The van der Waals surface area contributed by atoms with Gasteiger partial charge in [0, 0.05) is 12.5 Å². The standard InChI is InChI=1S/C11H16N2O/c1-3-11(12-14-2)10-8-13-6-4-9(10)5-7-13/h1,9-10H,4-8H2,2H3. The summed E-state index contributed by atoms with van der Waals surface area (Å²) in [6.07, 6.45) is 7.96. The van der Waals surface area contributed by atoms with Crippen LogP contribution in [-0.4, -0.2) is 37.4 Å². The van der Waals surface area contributed by atoms with Crippen molar-refractivity contribution in [1.29, 1.82) is 0 Å². The molecule has 0 radical (unpaired) electrons. The molecule has 3 aliphatic rings. The zero-order valence-electron chi connectivity index (χ0n) is 8.57. The van der Waals surface area contributed by atoms with Crippen LogP contribution in [0.2, 0.25) is 0 Å². The van der Waals surface area contributed by atoms with Crippen LogP contribution in [0.1, 0.15) is 12.8 Å². The van der Waals surface area contributed by atoms with Crippen LogP contribution < -0.4 is 0 Å². The average Bonchev–Trinajstić information content (AvgIpc) is 2.27.